The fourth-order valence-electron chi connectivity index (χ4n) is 1.21. The molecule has 16 heavy (non-hydrogen) atoms. The first kappa shape index (κ1) is 13.2. The maximum absolute atomic E-state index is 11.6. The second kappa shape index (κ2) is 5.99. The first-order chi connectivity index (χ1) is 7.59. The highest BCUT2D eigenvalue weighted by Gasteiger charge is 2.12. The van der Waals surface area contributed by atoms with Crippen molar-refractivity contribution in [2.24, 2.45) is 0 Å². The van der Waals surface area contributed by atoms with Gasteiger partial charge in [-0.1, -0.05) is 34.1 Å². The monoisotopic (exact) mass is 302 g/mol. The van der Waals surface area contributed by atoms with Crippen molar-refractivity contribution in [3.8, 4) is 6.07 Å². The molecule has 1 aromatic carbocycles. The predicted octanol–water partition coefficient (Wildman–Crippen LogP) is 1.37. The lowest BCUT2D eigenvalue weighted by molar-refractivity contribution is 0.583. The largest absolute Gasteiger partial charge is 0.215 e. The SMILES string of the molecule is N#Cc1ccccc1CS(=O)(=O)NCCBr. The highest BCUT2D eigenvalue weighted by Crippen LogP contribution is 2.10. The minimum atomic E-state index is -3.36. The zero-order chi connectivity index (χ0) is 12.0. The van der Waals surface area contributed by atoms with Crippen molar-refractivity contribution in [2.75, 3.05) is 11.9 Å². The molecule has 86 valence electrons. The molecule has 0 heterocycles. The summed E-state index contributed by atoms with van der Waals surface area (Å²) in [6.45, 7) is 0.344. The summed E-state index contributed by atoms with van der Waals surface area (Å²) < 4.78 is 25.6. The Kier molecular flexibility index (Phi) is 4.93. The van der Waals surface area contributed by atoms with Crippen molar-refractivity contribution in [1.29, 1.82) is 5.26 Å². The van der Waals surface area contributed by atoms with Gasteiger partial charge in [-0.15, -0.1) is 0 Å². The second-order valence-corrected chi connectivity index (χ2v) is 5.71. The van der Waals surface area contributed by atoms with Crippen LogP contribution in [0, 0.1) is 11.3 Å². The van der Waals surface area contributed by atoms with E-state index in [9.17, 15) is 8.42 Å². The van der Waals surface area contributed by atoms with Gasteiger partial charge in [-0.3, -0.25) is 0 Å². The normalized spacial score (nSPS) is 11.0. The predicted molar refractivity (Wildman–Crippen MR) is 65.6 cm³/mol. The number of nitriles is 1. The van der Waals surface area contributed by atoms with Gasteiger partial charge in [0.2, 0.25) is 10.0 Å². The number of alkyl halides is 1. The van der Waals surface area contributed by atoms with E-state index in [1.54, 1.807) is 24.3 Å². The van der Waals surface area contributed by atoms with Crippen LogP contribution in [-0.4, -0.2) is 20.3 Å². The summed E-state index contributed by atoms with van der Waals surface area (Å²) >= 11 is 3.14. The third-order valence-corrected chi connectivity index (χ3v) is 3.63. The maximum atomic E-state index is 11.6. The maximum Gasteiger partial charge on any atom is 0.215 e. The number of hydrogen-bond acceptors (Lipinski definition) is 3. The highest BCUT2D eigenvalue weighted by molar-refractivity contribution is 9.09. The van der Waals surface area contributed by atoms with E-state index < -0.39 is 10.0 Å². The highest BCUT2D eigenvalue weighted by atomic mass is 79.9. The van der Waals surface area contributed by atoms with Gasteiger partial charge in [-0.2, -0.15) is 5.26 Å². The van der Waals surface area contributed by atoms with Crippen molar-refractivity contribution < 1.29 is 8.42 Å². The summed E-state index contributed by atoms with van der Waals surface area (Å²) in [5.41, 5.74) is 0.916. The third kappa shape index (κ3) is 3.93. The Balaban J connectivity index is 2.85. The van der Waals surface area contributed by atoms with Gasteiger partial charge < -0.3 is 0 Å². The van der Waals surface area contributed by atoms with Gasteiger partial charge in [-0.05, 0) is 11.6 Å². The Hall–Kier alpha value is -0.900. The molecule has 1 rings (SSSR count). The summed E-state index contributed by atoms with van der Waals surface area (Å²) in [5.74, 6) is -0.163. The van der Waals surface area contributed by atoms with Crippen molar-refractivity contribution in [1.82, 2.24) is 4.72 Å². The number of halogens is 1. The Morgan fingerprint density at radius 2 is 2.06 bits per heavy atom. The summed E-state index contributed by atoms with van der Waals surface area (Å²) in [6, 6.07) is 8.65. The van der Waals surface area contributed by atoms with Crippen LogP contribution >= 0.6 is 15.9 Å². The minimum absolute atomic E-state index is 0.163. The molecular weight excluding hydrogens is 292 g/mol. The van der Waals surface area contributed by atoms with E-state index in [1.807, 2.05) is 6.07 Å². The summed E-state index contributed by atoms with van der Waals surface area (Å²) in [7, 11) is -3.36. The molecule has 4 nitrogen and oxygen atoms in total. The van der Waals surface area contributed by atoms with Crippen molar-refractivity contribution >= 4 is 26.0 Å². The Morgan fingerprint density at radius 1 is 1.38 bits per heavy atom. The quantitative estimate of drug-likeness (QED) is 0.835. The van der Waals surface area contributed by atoms with Gasteiger partial charge in [0, 0.05) is 11.9 Å². The number of sulfonamides is 1. The smallest absolute Gasteiger partial charge is 0.214 e. The van der Waals surface area contributed by atoms with Crippen molar-refractivity contribution in [2.45, 2.75) is 5.75 Å². The average molecular weight is 303 g/mol. The van der Waals surface area contributed by atoms with Gasteiger partial charge in [0.25, 0.3) is 0 Å². The zero-order valence-electron chi connectivity index (χ0n) is 8.48. The molecule has 0 aliphatic rings. The van der Waals surface area contributed by atoms with Crippen LogP contribution in [-0.2, 0) is 15.8 Å². The first-order valence-electron chi connectivity index (χ1n) is 4.60. The lowest BCUT2D eigenvalue weighted by atomic mass is 10.1. The molecule has 0 unspecified atom stereocenters. The van der Waals surface area contributed by atoms with E-state index in [4.69, 9.17) is 5.26 Å². The summed E-state index contributed by atoms with van der Waals surface area (Å²) in [6.07, 6.45) is 0. The van der Waals surface area contributed by atoms with Gasteiger partial charge in [0.1, 0.15) is 0 Å². The van der Waals surface area contributed by atoms with Crippen LogP contribution in [0.2, 0.25) is 0 Å². The van der Waals surface area contributed by atoms with Crippen LogP contribution in [0.25, 0.3) is 0 Å². The molecule has 0 amide bonds. The molecule has 0 bridgehead atoms. The molecule has 0 saturated carbocycles. The zero-order valence-corrected chi connectivity index (χ0v) is 10.9. The number of rotatable bonds is 5. The molecule has 1 aromatic rings. The Labute approximate surface area is 103 Å². The van der Waals surface area contributed by atoms with Crippen molar-refractivity contribution in [3.63, 3.8) is 0 Å². The van der Waals surface area contributed by atoms with Crippen LogP contribution in [0.1, 0.15) is 11.1 Å². The third-order valence-electron chi connectivity index (χ3n) is 1.90. The standard InChI is InChI=1S/C10H11BrN2O2S/c11-5-6-13-16(14,15)8-10-4-2-1-3-9(10)7-12/h1-4,13H,5-6,8H2. The average Bonchev–Trinajstić information content (AvgIpc) is 2.27. The van der Waals surface area contributed by atoms with E-state index in [0.29, 0.717) is 23.0 Å². The Morgan fingerprint density at radius 3 is 2.69 bits per heavy atom. The van der Waals surface area contributed by atoms with Gasteiger partial charge in [0.05, 0.1) is 17.4 Å². The number of hydrogen-bond donors (Lipinski definition) is 1. The van der Waals surface area contributed by atoms with Crippen LogP contribution in [0.5, 0.6) is 0 Å². The minimum Gasteiger partial charge on any atom is -0.214 e. The molecule has 6 heteroatoms. The lowest BCUT2D eigenvalue weighted by Crippen LogP contribution is -2.27. The molecule has 0 fully saturated rings. The number of nitrogens with zero attached hydrogens (tertiary/aromatic N) is 1. The molecular formula is C10H11BrN2O2S. The fourth-order valence-corrected chi connectivity index (χ4v) is 2.84. The molecule has 0 radical (unpaired) electrons. The molecule has 1 N–H and O–H groups in total. The summed E-state index contributed by atoms with van der Waals surface area (Å²) in [5, 5.41) is 9.38. The van der Waals surface area contributed by atoms with Crippen LogP contribution in [0.3, 0.4) is 0 Å². The van der Waals surface area contributed by atoms with E-state index in [1.165, 1.54) is 0 Å². The first-order valence-corrected chi connectivity index (χ1v) is 7.38. The van der Waals surface area contributed by atoms with E-state index in [0.717, 1.165) is 0 Å². The van der Waals surface area contributed by atoms with Gasteiger partial charge in [0.15, 0.2) is 0 Å². The van der Waals surface area contributed by atoms with Crippen LogP contribution < -0.4 is 4.72 Å². The van der Waals surface area contributed by atoms with Crippen molar-refractivity contribution in [3.05, 3.63) is 35.4 Å². The van der Waals surface area contributed by atoms with Gasteiger partial charge in [-0.25, -0.2) is 13.1 Å². The van der Waals surface area contributed by atoms with Crippen LogP contribution in [0.4, 0.5) is 0 Å². The molecule has 0 aliphatic heterocycles. The topological polar surface area (TPSA) is 70.0 Å². The number of benzene rings is 1. The van der Waals surface area contributed by atoms with Crippen LogP contribution in [0.15, 0.2) is 24.3 Å². The molecule has 0 saturated heterocycles. The van der Waals surface area contributed by atoms with E-state index in [2.05, 4.69) is 20.7 Å². The molecule has 0 aromatic heterocycles. The second-order valence-electron chi connectivity index (χ2n) is 3.11. The van der Waals surface area contributed by atoms with E-state index in [-0.39, 0.29) is 5.75 Å². The lowest BCUT2D eigenvalue weighted by Gasteiger charge is -2.06. The summed E-state index contributed by atoms with van der Waals surface area (Å²) in [4.78, 5) is 0. The van der Waals surface area contributed by atoms with E-state index >= 15 is 0 Å². The Bertz CT molecular complexity index is 494. The fraction of sp³-hybridized carbons (Fsp3) is 0.300. The van der Waals surface area contributed by atoms with Gasteiger partial charge >= 0.3 is 0 Å². The molecule has 0 atom stereocenters. The number of nitrogens with one attached hydrogen (secondary N) is 1. The molecule has 0 spiro atoms. The molecule has 0 aliphatic carbocycles.